The summed E-state index contributed by atoms with van der Waals surface area (Å²) in [5, 5.41) is 45.6. The highest BCUT2D eigenvalue weighted by molar-refractivity contribution is 7.61. The molecule has 0 saturated carbocycles. The average Bonchev–Trinajstić information content (AvgIpc) is 3.39. The molecule has 0 radical (unpaired) electrons. The molecule has 0 amide bonds. The quantitative estimate of drug-likeness (QED) is 0.0197. The molecule has 21 nitrogen and oxygen atoms in total. The molecule has 11 atom stereocenters. The number of nitrogens with two attached hydrogens (primary N) is 1. The number of anilines is 1. The maximum atomic E-state index is 14.3. The van der Waals surface area contributed by atoms with Crippen molar-refractivity contribution in [1.82, 2.24) is 9.55 Å². The SMILES string of the molecule is CCCCCC/C=C\C/C=C\C/C=C\CCCCCCCCC(=O)O[C@@H]1COC(=O)CCCC=CC[C@H]2C(=O)C[C@@H](O)[C@H](/C=C/[C@@H](O)CCCCC)[C@H](O)[C@H](O)[C@@H](COP(=O)(O)OP(=O)(O)OC1)O[C@H]2n1ccc(N)nc1=O. The lowest BCUT2D eigenvalue weighted by atomic mass is 9.83. The fourth-order valence-corrected chi connectivity index (χ4v) is 10.8. The molecule has 3 heterocycles. The van der Waals surface area contributed by atoms with Crippen LogP contribution in [-0.4, -0.2) is 114 Å². The molecule has 2 bridgehead atoms. The van der Waals surface area contributed by atoms with E-state index >= 15 is 0 Å². The monoisotopic (exact) mass is 1140 g/mol. The van der Waals surface area contributed by atoms with Gasteiger partial charge in [-0.25, -0.2) is 13.9 Å². The number of aromatic nitrogens is 2. The Morgan fingerprint density at radius 1 is 0.821 bits per heavy atom. The van der Waals surface area contributed by atoms with Crippen LogP contribution in [0, 0.1) is 11.8 Å². The number of ketones is 1. The first-order valence-corrected chi connectivity index (χ1v) is 30.9. The summed E-state index contributed by atoms with van der Waals surface area (Å²) < 4.78 is 59.0. The lowest BCUT2D eigenvalue weighted by Crippen LogP contribution is -2.51. The van der Waals surface area contributed by atoms with Crippen molar-refractivity contribution in [3.63, 3.8) is 0 Å². The van der Waals surface area contributed by atoms with E-state index in [1.54, 1.807) is 12.2 Å². The molecule has 3 rings (SSSR count). The van der Waals surface area contributed by atoms with Gasteiger partial charge in [-0.3, -0.25) is 28.0 Å². The Kier molecular flexibility index (Phi) is 33.9. The number of allylic oxidation sites excluding steroid dienone is 8. The molecule has 2 aliphatic rings. The number of phosphoric ester groups is 2. The second kappa shape index (κ2) is 38.7. The Hall–Kier alpha value is -3.95. The minimum Gasteiger partial charge on any atom is -0.462 e. The second-order valence-corrected chi connectivity index (χ2v) is 22.9. The van der Waals surface area contributed by atoms with Crippen molar-refractivity contribution in [3.8, 4) is 0 Å². The minimum atomic E-state index is -5.73. The molecule has 0 spiro atoms. The number of aliphatic hydroxyl groups excluding tert-OH is 4. The fraction of sp³-hybridized carbons (Fsp3) is 0.691. The number of carbonyl (C=O) groups is 3. The van der Waals surface area contributed by atoms with Crippen LogP contribution in [0.1, 0.15) is 174 Å². The number of cyclic esters (lactones) is 1. The number of hydrogen-bond donors (Lipinski definition) is 7. The summed E-state index contributed by atoms with van der Waals surface area (Å²) in [6.45, 7) is 1.41. The zero-order valence-corrected chi connectivity index (χ0v) is 47.5. The molecule has 0 aromatic carbocycles. The number of hydrogen-bond acceptors (Lipinski definition) is 18. The van der Waals surface area contributed by atoms with Crippen molar-refractivity contribution in [2.45, 2.75) is 211 Å². The molecule has 1 aromatic heterocycles. The normalized spacial score (nSPS) is 28.3. The lowest BCUT2D eigenvalue weighted by molar-refractivity contribution is -0.183. The molecule has 0 aliphatic carbocycles. The molecule has 1 saturated heterocycles. The number of nitrogen functional groups attached to an aromatic ring is 1. The number of rotatable bonds is 26. The molecule has 2 aliphatic heterocycles. The first-order chi connectivity index (χ1) is 37.4. The number of carbonyl (C=O) groups excluding carboxylic acids is 3. The Bertz CT molecular complexity index is 2220. The highest BCUT2D eigenvalue weighted by Gasteiger charge is 2.45. The minimum absolute atomic E-state index is 0.0215. The Morgan fingerprint density at radius 2 is 1.44 bits per heavy atom. The van der Waals surface area contributed by atoms with Crippen molar-refractivity contribution in [1.29, 1.82) is 0 Å². The van der Waals surface area contributed by atoms with E-state index in [-0.39, 0.29) is 37.9 Å². The molecular weight excluding hydrogens is 1050 g/mol. The maximum absolute atomic E-state index is 14.3. The van der Waals surface area contributed by atoms with Gasteiger partial charge in [-0.1, -0.05) is 139 Å². The van der Waals surface area contributed by atoms with Crippen LogP contribution in [0.15, 0.2) is 77.8 Å². The predicted molar refractivity (Wildman–Crippen MR) is 294 cm³/mol. The van der Waals surface area contributed by atoms with Crippen LogP contribution in [0.2, 0.25) is 0 Å². The van der Waals surface area contributed by atoms with Crippen molar-refractivity contribution >= 4 is 39.2 Å². The molecule has 8 N–H and O–H groups in total. The van der Waals surface area contributed by atoms with Crippen molar-refractivity contribution in [2.24, 2.45) is 11.8 Å². The van der Waals surface area contributed by atoms with Gasteiger partial charge in [-0.05, 0) is 76.7 Å². The topological polar surface area (TPSA) is 323 Å². The van der Waals surface area contributed by atoms with E-state index in [1.807, 2.05) is 6.92 Å². The van der Waals surface area contributed by atoms with E-state index < -0.39 is 120 Å². The van der Waals surface area contributed by atoms with E-state index in [0.717, 1.165) is 81.4 Å². The van der Waals surface area contributed by atoms with Gasteiger partial charge in [-0.2, -0.15) is 9.29 Å². The van der Waals surface area contributed by atoms with Gasteiger partial charge in [0.1, 0.15) is 36.6 Å². The molecule has 442 valence electrons. The van der Waals surface area contributed by atoms with Crippen LogP contribution in [0.5, 0.6) is 0 Å². The molecule has 78 heavy (non-hydrogen) atoms. The Balaban J connectivity index is 1.71. The van der Waals surface area contributed by atoms with Gasteiger partial charge in [0, 0.05) is 31.4 Å². The Morgan fingerprint density at radius 3 is 2.10 bits per heavy atom. The summed E-state index contributed by atoms with van der Waals surface area (Å²) in [6, 6.07) is 1.21. The number of aliphatic hydroxyl groups is 4. The maximum Gasteiger partial charge on any atom is 0.481 e. The van der Waals surface area contributed by atoms with Crippen LogP contribution in [0.25, 0.3) is 0 Å². The summed E-state index contributed by atoms with van der Waals surface area (Å²) in [7, 11) is -11.3. The summed E-state index contributed by atoms with van der Waals surface area (Å²) in [5.41, 5.74) is 4.73. The summed E-state index contributed by atoms with van der Waals surface area (Å²) in [4.78, 5) is 78.6. The third-order valence-corrected chi connectivity index (χ3v) is 15.8. The van der Waals surface area contributed by atoms with E-state index in [1.165, 1.54) is 43.9 Å². The van der Waals surface area contributed by atoms with Gasteiger partial charge in [0.05, 0.1) is 37.4 Å². The zero-order valence-electron chi connectivity index (χ0n) is 45.7. The van der Waals surface area contributed by atoms with Crippen LogP contribution in [0.3, 0.4) is 0 Å². The van der Waals surface area contributed by atoms with Crippen LogP contribution in [0.4, 0.5) is 5.82 Å². The van der Waals surface area contributed by atoms with E-state index in [0.29, 0.717) is 19.3 Å². The zero-order chi connectivity index (χ0) is 57.2. The Labute approximate surface area is 460 Å². The van der Waals surface area contributed by atoms with Gasteiger partial charge in [0.15, 0.2) is 6.10 Å². The van der Waals surface area contributed by atoms with Crippen molar-refractivity contribution < 1.29 is 81.3 Å². The second-order valence-electron chi connectivity index (χ2n) is 19.9. The van der Waals surface area contributed by atoms with Gasteiger partial charge in [0.25, 0.3) is 0 Å². The summed E-state index contributed by atoms with van der Waals surface area (Å²) in [5.74, 6) is -5.18. The molecular formula is C55H89N3O18P2. The van der Waals surface area contributed by atoms with E-state index in [9.17, 15) is 58.5 Å². The smallest absolute Gasteiger partial charge is 0.462 e. The van der Waals surface area contributed by atoms with E-state index in [2.05, 4.69) is 52.7 Å². The highest BCUT2D eigenvalue weighted by Crippen LogP contribution is 2.60. The standard InChI is InChI=1S/C55H89N3O18P2/c1-3-5-7-8-9-10-11-12-13-14-15-16-17-18-19-20-21-22-23-29-33-51(63)74-43-39-71-50(62)32-28-25-24-27-31-45-47(61)38-46(60)44(35-34-42(59)30-26-6-4-2)52(64)53(65)48(41-73-78(69,70)76-77(67,68)72-40-43)75-54(45)58-37-36-49(56)57-55(58)66/h10-11,13-14,16-17,24,27,34-37,42-46,48,52-54,59-60,64-65H,3-9,12,15,18-23,25-26,28-33,38-41H2,1-2H3,(H,67,68)(H,69,70)(H2,56,57,66)/b11-10-,14-13-,17-16-,27-24?,35-34+/t42-,43+,44-,45-,46+,48+,52-,53+,54+/m0/s1. The van der Waals surface area contributed by atoms with Crippen molar-refractivity contribution in [3.05, 3.63) is 83.5 Å². The molecule has 1 fully saturated rings. The average molecular weight is 1140 g/mol. The van der Waals surface area contributed by atoms with Crippen LogP contribution in [-0.2, 0) is 51.1 Å². The van der Waals surface area contributed by atoms with Gasteiger partial charge in [-0.15, -0.1) is 0 Å². The largest absolute Gasteiger partial charge is 0.481 e. The molecule has 2 unspecified atom stereocenters. The fourth-order valence-electron chi connectivity index (χ4n) is 8.72. The van der Waals surface area contributed by atoms with Crippen molar-refractivity contribution in [2.75, 3.05) is 25.6 Å². The number of nitrogens with zero attached hydrogens (tertiary/aromatic N) is 2. The number of ether oxygens (including phenoxy) is 3. The number of fused-ring (bicyclic) bond motifs is 3. The lowest BCUT2D eigenvalue weighted by Gasteiger charge is -2.38. The first kappa shape index (κ1) is 68.3. The molecule has 1 aromatic rings. The molecule has 23 heteroatoms. The van der Waals surface area contributed by atoms with Gasteiger partial charge < -0.3 is 50.2 Å². The predicted octanol–water partition coefficient (Wildman–Crippen LogP) is 8.87. The third-order valence-electron chi connectivity index (χ3n) is 13.2. The summed E-state index contributed by atoms with van der Waals surface area (Å²) in [6.07, 6.45) is 24.5. The number of phosphoric acid groups is 2. The third kappa shape index (κ3) is 28.5. The van der Waals surface area contributed by atoms with Crippen LogP contribution < -0.4 is 11.4 Å². The summed E-state index contributed by atoms with van der Waals surface area (Å²) >= 11 is 0. The first-order valence-electron chi connectivity index (χ1n) is 27.9. The van der Waals surface area contributed by atoms with E-state index in [4.69, 9.17) is 29.0 Å². The number of unbranched alkanes of at least 4 members (excludes halogenated alkanes) is 12. The number of Topliss-reactive ketones (excluding diaryl/α,β-unsaturated/α-hetero) is 1. The number of esters is 2. The van der Waals surface area contributed by atoms with Crippen LogP contribution >= 0.6 is 15.6 Å². The van der Waals surface area contributed by atoms with Gasteiger partial charge in [0.2, 0.25) is 0 Å². The highest BCUT2D eigenvalue weighted by atomic mass is 31.3. The van der Waals surface area contributed by atoms with Gasteiger partial charge >= 0.3 is 33.3 Å².